The number of hydrogen-bond acceptors (Lipinski definition) is 3. The predicted octanol–water partition coefficient (Wildman–Crippen LogP) is 11.5. The standard InChI is InChI=1S/C60H34O3/c61-58(59(62)56-43-50(29-26-45-16-6-1-7-17-45)40-51(44-56)30-27-46-18-8-2-9-19-46)53-36-38-57(39-37-53)63-60-54(34-32-48-22-12-4-13-23-48)41-52(31-28-47-20-10-3-11-21-47)42-55(60)35-33-49-24-14-5-15-25-49/h1-25,36-44H. The molecule has 0 radical (unpaired) electrons. The molecule has 8 rings (SSSR count). The van der Waals surface area contributed by atoms with Crippen LogP contribution < -0.4 is 4.74 Å². The zero-order chi connectivity index (χ0) is 43.1. The number of ether oxygens (including phenoxy) is 1. The summed E-state index contributed by atoms with van der Waals surface area (Å²) < 4.78 is 6.59. The van der Waals surface area contributed by atoms with Gasteiger partial charge in [0.25, 0.3) is 0 Å². The molecule has 0 aliphatic heterocycles. The van der Waals surface area contributed by atoms with E-state index in [0.717, 1.165) is 27.8 Å². The van der Waals surface area contributed by atoms with E-state index in [0.29, 0.717) is 39.3 Å². The number of benzene rings is 8. The van der Waals surface area contributed by atoms with Gasteiger partial charge >= 0.3 is 0 Å². The van der Waals surface area contributed by atoms with E-state index in [4.69, 9.17) is 4.74 Å². The maximum absolute atomic E-state index is 13.9. The van der Waals surface area contributed by atoms with Crippen molar-refractivity contribution in [3.05, 3.63) is 273 Å². The summed E-state index contributed by atoms with van der Waals surface area (Å²) in [5, 5.41) is 0. The highest BCUT2D eigenvalue weighted by Crippen LogP contribution is 2.31. The van der Waals surface area contributed by atoms with Crippen LogP contribution in [-0.2, 0) is 0 Å². The van der Waals surface area contributed by atoms with Gasteiger partial charge in [0, 0.05) is 55.6 Å². The summed E-state index contributed by atoms with van der Waals surface area (Å²) in [4.78, 5) is 27.7. The highest BCUT2D eigenvalue weighted by molar-refractivity contribution is 6.49. The van der Waals surface area contributed by atoms with E-state index in [1.807, 2.05) is 170 Å². The van der Waals surface area contributed by atoms with Gasteiger partial charge in [-0.1, -0.05) is 150 Å². The van der Waals surface area contributed by atoms with Gasteiger partial charge in [-0.25, -0.2) is 0 Å². The Kier molecular flexibility index (Phi) is 12.9. The molecule has 0 spiro atoms. The van der Waals surface area contributed by atoms with Gasteiger partial charge in [-0.2, -0.15) is 0 Å². The first-order valence-electron chi connectivity index (χ1n) is 20.1. The number of rotatable bonds is 5. The normalized spacial score (nSPS) is 9.71. The Balaban J connectivity index is 1.13. The van der Waals surface area contributed by atoms with E-state index in [1.54, 1.807) is 36.4 Å². The summed E-state index contributed by atoms with van der Waals surface area (Å²) >= 11 is 0. The van der Waals surface area contributed by atoms with Gasteiger partial charge in [-0.3, -0.25) is 9.59 Å². The first kappa shape index (κ1) is 40.5. The van der Waals surface area contributed by atoms with Crippen molar-refractivity contribution in [3.8, 4) is 70.7 Å². The highest BCUT2D eigenvalue weighted by Gasteiger charge is 2.20. The van der Waals surface area contributed by atoms with Gasteiger partial charge in [0.15, 0.2) is 5.75 Å². The second-order valence-corrected chi connectivity index (χ2v) is 14.1. The lowest BCUT2D eigenvalue weighted by Gasteiger charge is -2.12. The maximum atomic E-state index is 13.9. The topological polar surface area (TPSA) is 43.4 Å². The first-order valence-corrected chi connectivity index (χ1v) is 20.1. The third-order valence-corrected chi connectivity index (χ3v) is 9.43. The molecule has 292 valence electrons. The second-order valence-electron chi connectivity index (χ2n) is 14.1. The smallest absolute Gasteiger partial charge is 0.233 e. The van der Waals surface area contributed by atoms with Crippen LogP contribution in [0, 0.1) is 59.2 Å². The predicted molar refractivity (Wildman–Crippen MR) is 250 cm³/mol. The fraction of sp³-hybridized carbons (Fsp3) is 0. The van der Waals surface area contributed by atoms with Crippen LogP contribution in [0.15, 0.2) is 206 Å². The summed E-state index contributed by atoms with van der Waals surface area (Å²) in [5.41, 5.74) is 7.57. The molecule has 0 amide bonds. The van der Waals surface area contributed by atoms with Crippen molar-refractivity contribution < 1.29 is 14.3 Å². The summed E-state index contributed by atoms with van der Waals surface area (Å²) in [6, 6.07) is 63.6. The van der Waals surface area contributed by atoms with E-state index >= 15 is 0 Å². The Morgan fingerprint density at radius 3 is 0.952 bits per heavy atom. The van der Waals surface area contributed by atoms with Crippen molar-refractivity contribution in [2.24, 2.45) is 0 Å². The van der Waals surface area contributed by atoms with Crippen molar-refractivity contribution in [2.75, 3.05) is 0 Å². The largest absolute Gasteiger partial charge is 0.455 e. The Hall–Kier alpha value is -9.30. The molecule has 0 unspecified atom stereocenters. The molecule has 0 atom stereocenters. The van der Waals surface area contributed by atoms with Gasteiger partial charge in [0.2, 0.25) is 11.6 Å². The van der Waals surface area contributed by atoms with Crippen molar-refractivity contribution >= 4 is 11.6 Å². The van der Waals surface area contributed by atoms with Gasteiger partial charge in [0.1, 0.15) is 5.75 Å². The van der Waals surface area contributed by atoms with Crippen LogP contribution in [0.2, 0.25) is 0 Å². The van der Waals surface area contributed by atoms with Crippen LogP contribution in [0.1, 0.15) is 76.4 Å². The van der Waals surface area contributed by atoms with Crippen LogP contribution in [0.5, 0.6) is 11.5 Å². The van der Waals surface area contributed by atoms with E-state index in [2.05, 4.69) is 59.2 Å². The van der Waals surface area contributed by atoms with Gasteiger partial charge in [0.05, 0.1) is 11.1 Å². The summed E-state index contributed by atoms with van der Waals surface area (Å²) in [6.07, 6.45) is 0. The summed E-state index contributed by atoms with van der Waals surface area (Å²) in [5.74, 6) is 31.7. The number of carbonyl (C=O) groups excluding carboxylic acids is 2. The first-order chi connectivity index (χ1) is 31.0. The zero-order valence-electron chi connectivity index (χ0n) is 33.9. The molecule has 0 saturated heterocycles. The van der Waals surface area contributed by atoms with Gasteiger partial charge in [-0.05, 0) is 115 Å². The molecule has 8 aromatic rings. The SMILES string of the molecule is O=C(C(=O)c1cc(C#Cc2ccccc2)cc(C#Cc2ccccc2)c1)c1ccc(Oc2c(C#Cc3ccccc3)cc(C#Cc3ccccc3)cc2C#Cc2ccccc2)cc1. The Bertz CT molecular complexity index is 3100. The maximum Gasteiger partial charge on any atom is 0.233 e. The van der Waals surface area contributed by atoms with E-state index < -0.39 is 11.6 Å². The fourth-order valence-corrected chi connectivity index (χ4v) is 6.27. The molecule has 3 heteroatoms. The Morgan fingerprint density at radius 2 is 0.587 bits per heavy atom. The molecule has 0 aliphatic carbocycles. The lowest BCUT2D eigenvalue weighted by atomic mass is 9.97. The lowest BCUT2D eigenvalue weighted by Crippen LogP contribution is -2.15. The third-order valence-electron chi connectivity index (χ3n) is 9.43. The van der Waals surface area contributed by atoms with E-state index in [9.17, 15) is 9.59 Å². The van der Waals surface area contributed by atoms with Crippen LogP contribution >= 0.6 is 0 Å². The molecule has 0 saturated carbocycles. The molecule has 0 N–H and O–H groups in total. The molecule has 3 nitrogen and oxygen atoms in total. The van der Waals surface area contributed by atoms with Crippen LogP contribution in [0.4, 0.5) is 0 Å². The van der Waals surface area contributed by atoms with Crippen LogP contribution in [0.25, 0.3) is 0 Å². The minimum atomic E-state index is -0.682. The molecule has 0 aliphatic rings. The van der Waals surface area contributed by atoms with E-state index in [1.165, 1.54) is 0 Å². The number of Topliss-reactive ketones (excluding diaryl/α,β-unsaturated/α-hetero) is 2. The molecule has 63 heavy (non-hydrogen) atoms. The molecule has 0 fully saturated rings. The minimum Gasteiger partial charge on any atom is -0.455 e. The number of carbonyl (C=O) groups is 2. The number of ketones is 2. The molecule has 0 heterocycles. The van der Waals surface area contributed by atoms with Crippen molar-refractivity contribution in [2.45, 2.75) is 0 Å². The Labute approximate surface area is 368 Å². The second kappa shape index (κ2) is 20.1. The molecule has 0 aromatic heterocycles. The van der Waals surface area contributed by atoms with E-state index in [-0.39, 0.29) is 11.1 Å². The third kappa shape index (κ3) is 11.3. The average Bonchev–Trinajstić information content (AvgIpc) is 3.35. The minimum absolute atomic E-state index is 0.191. The zero-order valence-corrected chi connectivity index (χ0v) is 33.9. The molecule has 0 bridgehead atoms. The summed E-state index contributed by atoms with van der Waals surface area (Å²) in [6.45, 7) is 0. The van der Waals surface area contributed by atoms with Crippen molar-refractivity contribution in [3.63, 3.8) is 0 Å². The quantitative estimate of drug-likeness (QED) is 0.0989. The molecular weight excluding hydrogens is 769 g/mol. The lowest BCUT2D eigenvalue weighted by molar-refractivity contribution is 0.0817. The molecule has 8 aromatic carbocycles. The van der Waals surface area contributed by atoms with Gasteiger partial charge in [-0.15, -0.1) is 0 Å². The average molecular weight is 803 g/mol. The fourth-order valence-electron chi connectivity index (χ4n) is 6.27. The summed E-state index contributed by atoms with van der Waals surface area (Å²) in [7, 11) is 0. The Morgan fingerprint density at radius 1 is 0.286 bits per heavy atom. The van der Waals surface area contributed by atoms with Crippen LogP contribution in [-0.4, -0.2) is 11.6 Å². The van der Waals surface area contributed by atoms with Gasteiger partial charge < -0.3 is 4.74 Å². The molecular formula is C60H34O3. The monoisotopic (exact) mass is 802 g/mol. The number of hydrogen-bond donors (Lipinski definition) is 0. The van der Waals surface area contributed by atoms with Crippen LogP contribution in [0.3, 0.4) is 0 Å². The van der Waals surface area contributed by atoms with Crippen molar-refractivity contribution in [1.29, 1.82) is 0 Å². The van der Waals surface area contributed by atoms with Crippen molar-refractivity contribution in [1.82, 2.24) is 0 Å². The highest BCUT2D eigenvalue weighted by atomic mass is 16.5.